The van der Waals surface area contributed by atoms with Crippen LogP contribution in [0.4, 0.5) is 11.4 Å². The first-order chi connectivity index (χ1) is 16.4. The van der Waals surface area contributed by atoms with Gasteiger partial charge in [0.2, 0.25) is 0 Å². The van der Waals surface area contributed by atoms with Gasteiger partial charge in [0.25, 0.3) is 11.8 Å². The molecule has 4 aromatic rings. The normalized spacial score (nSPS) is 10.4. The molecule has 168 valence electrons. The summed E-state index contributed by atoms with van der Waals surface area (Å²) in [6.45, 7) is 0. The van der Waals surface area contributed by atoms with Gasteiger partial charge in [-0.25, -0.2) is 0 Å². The van der Waals surface area contributed by atoms with Crippen LogP contribution in [0.2, 0.25) is 10.0 Å². The molecular formula is C27H18Cl2N2O3. The molecule has 0 unspecified atom stereocenters. The molecule has 34 heavy (non-hydrogen) atoms. The Kier molecular flexibility index (Phi) is 7.07. The van der Waals surface area contributed by atoms with Gasteiger partial charge in [0.05, 0.1) is 21.4 Å². The summed E-state index contributed by atoms with van der Waals surface area (Å²) in [4.78, 5) is 38.2. The van der Waals surface area contributed by atoms with Crippen LogP contribution >= 0.6 is 23.2 Å². The highest BCUT2D eigenvalue weighted by Crippen LogP contribution is 2.28. The number of hydrogen-bond donors (Lipinski definition) is 2. The molecular weight excluding hydrogens is 471 g/mol. The molecule has 0 saturated carbocycles. The summed E-state index contributed by atoms with van der Waals surface area (Å²) in [6, 6.07) is 26.6. The van der Waals surface area contributed by atoms with Crippen molar-refractivity contribution < 1.29 is 14.4 Å². The second kappa shape index (κ2) is 10.3. The van der Waals surface area contributed by atoms with Crippen LogP contribution in [-0.4, -0.2) is 17.6 Å². The van der Waals surface area contributed by atoms with Crippen molar-refractivity contribution in [1.29, 1.82) is 0 Å². The van der Waals surface area contributed by atoms with E-state index in [9.17, 15) is 14.4 Å². The molecule has 4 rings (SSSR count). The summed E-state index contributed by atoms with van der Waals surface area (Å²) >= 11 is 12.5. The van der Waals surface area contributed by atoms with Crippen LogP contribution in [0.5, 0.6) is 0 Å². The van der Waals surface area contributed by atoms with Gasteiger partial charge in [-0.2, -0.15) is 0 Å². The van der Waals surface area contributed by atoms with Crippen LogP contribution < -0.4 is 10.6 Å². The summed E-state index contributed by atoms with van der Waals surface area (Å²) in [5.74, 6) is -1.01. The molecule has 0 aliphatic carbocycles. The summed E-state index contributed by atoms with van der Waals surface area (Å²) in [5.41, 5.74) is 2.19. The van der Waals surface area contributed by atoms with E-state index in [0.717, 1.165) is 0 Å². The Morgan fingerprint density at radius 3 is 1.26 bits per heavy atom. The maximum Gasteiger partial charge on any atom is 0.255 e. The Labute approximate surface area is 206 Å². The van der Waals surface area contributed by atoms with Gasteiger partial charge in [-0.3, -0.25) is 14.4 Å². The minimum atomic E-state index is -0.343. The topological polar surface area (TPSA) is 75.3 Å². The zero-order chi connectivity index (χ0) is 24.1. The zero-order valence-corrected chi connectivity index (χ0v) is 19.2. The van der Waals surface area contributed by atoms with Crippen molar-refractivity contribution in [3.8, 4) is 0 Å². The minimum absolute atomic E-state index is 0.299. The van der Waals surface area contributed by atoms with Gasteiger partial charge in [0, 0.05) is 22.3 Å². The van der Waals surface area contributed by atoms with Crippen LogP contribution in [0.15, 0.2) is 97.1 Å². The molecule has 0 aliphatic rings. The van der Waals surface area contributed by atoms with Gasteiger partial charge in [0.1, 0.15) is 0 Å². The fraction of sp³-hybridized carbons (Fsp3) is 0. The van der Waals surface area contributed by atoms with Crippen LogP contribution in [-0.2, 0) is 0 Å². The molecule has 7 heteroatoms. The highest BCUT2D eigenvalue weighted by Gasteiger charge is 2.16. The third-order valence-electron chi connectivity index (χ3n) is 5.03. The molecule has 0 aliphatic heterocycles. The van der Waals surface area contributed by atoms with Gasteiger partial charge in [0.15, 0.2) is 5.78 Å². The molecule has 0 fully saturated rings. The van der Waals surface area contributed by atoms with Crippen molar-refractivity contribution in [2.24, 2.45) is 0 Å². The van der Waals surface area contributed by atoms with E-state index in [1.54, 1.807) is 72.8 Å². The van der Waals surface area contributed by atoms with Gasteiger partial charge < -0.3 is 10.6 Å². The van der Waals surface area contributed by atoms with Crippen molar-refractivity contribution >= 4 is 52.2 Å². The third-order valence-corrected chi connectivity index (χ3v) is 5.68. The highest BCUT2D eigenvalue weighted by atomic mass is 35.5. The summed E-state index contributed by atoms with van der Waals surface area (Å²) in [5, 5.41) is 6.07. The maximum absolute atomic E-state index is 13.2. The number of nitrogens with one attached hydrogen (secondary N) is 2. The smallest absolute Gasteiger partial charge is 0.255 e. The van der Waals surface area contributed by atoms with Crippen molar-refractivity contribution in [2.75, 3.05) is 10.6 Å². The quantitative estimate of drug-likeness (QED) is 0.295. The molecule has 0 spiro atoms. The Hall–Kier alpha value is -3.93. The monoisotopic (exact) mass is 488 g/mol. The number of ketones is 1. The van der Waals surface area contributed by atoms with Gasteiger partial charge in [-0.05, 0) is 60.7 Å². The Morgan fingerprint density at radius 2 is 0.882 bits per heavy atom. The number of halogens is 2. The van der Waals surface area contributed by atoms with Crippen LogP contribution in [0, 0.1) is 0 Å². The Bertz CT molecular complexity index is 1270. The fourth-order valence-corrected chi connectivity index (χ4v) is 3.59. The van der Waals surface area contributed by atoms with Crippen LogP contribution in [0.25, 0.3) is 0 Å². The average molecular weight is 489 g/mol. The number of rotatable bonds is 6. The molecule has 4 aromatic carbocycles. The third kappa shape index (κ3) is 5.34. The molecule has 0 heterocycles. The molecule has 0 atom stereocenters. The van der Waals surface area contributed by atoms with E-state index in [-0.39, 0.29) is 17.6 Å². The highest BCUT2D eigenvalue weighted by molar-refractivity contribution is 6.35. The van der Waals surface area contributed by atoms with Gasteiger partial charge >= 0.3 is 0 Å². The SMILES string of the molecule is O=C(Nc1cc(C(=O)c2ccc(Cl)c(NC(=O)c3ccccc3)c2)ccc1Cl)c1ccccc1. The maximum atomic E-state index is 13.2. The summed E-state index contributed by atoms with van der Waals surface area (Å²) in [7, 11) is 0. The second-order valence-electron chi connectivity index (χ2n) is 7.36. The number of anilines is 2. The van der Waals surface area contributed by atoms with Crippen molar-refractivity contribution in [2.45, 2.75) is 0 Å². The molecule has 5 nitrogen and oxygen atoms in total. The fourth-order valence-electron chi connectivity index (χ4n) is 3.26. The van der Waals surface area contributed by atoms with Crippen LogP contribution in [0.3, 0.4) is 0 Å². The van der Waals surface area contributed by atoms with E-state index >= 15 is 0 Å². The second-order valence-corrected chi connectivity index (χ2v) is 8.17. The number of carbonyl (C=O) groups is 3. The standard InChI is InChI=1S/C27H18Cl2N2O3/c28-21-13-11-19(15-23(21)30-26(33)17-7-3-1-4-8-17)25(32)20-12-14-22(29)24(16-20)31-27(34)18-9-5-2-6-10-18/h1-16H,(H,30,33)(H,31,34). The van der Waals surface area contributed by atoms with E-state index < -0.39 is 0 Å². The van der Waals surface area contributed by atoms with Crippen molar-refractivity contribution in [3.05, 3.63) is 129 Å². The zero-order valence-electron chi connectivity index (χ0n) is 17.7. The first-order valence-corrected chi connectivity index (χ1v) is 11.0. The van der Waals surface area contributed by atoms with E-state index in [0.29, 0.717) is 43.7 Å². The predicted octanol–water partition coefficient (Wildman–Crippen LogP) is 6.73. The van der Waals surface area contributed by atoms with E-state index in [1.807, 2.05) is 12.1 Å². The number of carbonyl (C=O) groups excluding carboxylic acids is 3. The minimum Gasteiger partial charge on any atom is -0.321 e. The number of hydrogen-bond acceptors (Lipinski definition) is 3. The first kappa shape index (κ1) is 23.2. The van der Waals surface area contributed by atoms with Crippen molar-refractivity contribution in [1.82, 2.24) is 0 Å². The van der Waals surface area contributed by atoms with Gasteiger partial charge in [-0.1, -0.05) is 59.6 Å². The Morgan fingerprint density at radius 1 is 0.500 bits per heavy atom. The van der Waals surface area contributed by atoms with Crippen molar-refractivity contribution in [3.63, 3.8) is 0 Å². The van der Waals surface area contributed by atoms with Crippen LogP contribution in [0.1, 0.15) is 36.6 Å². The number of amides is 2. The molecule has 0 radical (unpaired) electrons. The lowest BCUT2D eigenvalue weighted by atomic mass is 10.0. The first-order valence-electron chi connectivity index (χ1n) is 10.3. The average Bonchev–Trinajstić information content (AvgIpc) is 2.87. The van der Waals surface area contributed by atoms with E-state index in [1.165, 1.54) is 12.1 Å². The molecule has 0 saturated heterocycles. The Balaban J connectivity index is 1.57. The lowest BCUT2D eigenvalue weighted by Gasteiger charge is -2.11. The molecule has 0 bridgehead atoms. The molecule has 2 N–H and O–H groups in total. The summed E-state index contributed by atoms with van der Waals surface area (Å²) < 4.78 is 0. The lowest BCUT2D eigenvalue weighted by Crippen LogP contribution is -2.13. The lowest BCUT2D eigenvalue weighted by molar-refractivity contribution is 0.101. The van der Waals surface area contributed by atoms with Gasteiger partial charge in [-0.15, -0.1) is 0 Å². The van der Waals surface area contributed by atoms with E-state index in [4.69, 9.17) is 23.2 Å². The number of benzene rings is 4. The largest absolute Gasteiger partial charge is 0.321 e. The van der Waals surface area contributed by atoms with E-state index in [2.05, 4.69) is 10.6 Å². The summed E-state index contributed by atoms with van der Waals surface area (Å²) in [6.07, 6.45) is 0. The predicted molar refractivity (Wildman–Crippen MR) is 135 cm³/mol. The molecule has 2 amide bonds. The molecule has 0 aromatic heterocycles.